The molecular weight excluding hydrogens is 598 g/mol. The SMILES string of the molecule is CC=O.CN(C)CC=O.CNCC=O.COC(=O)CN(C)C.COC(C)=O.COP(=O)(O)O.NCC=O.O=[P+](O)O. The van der Waals surface area contributed by atoms with Crippen molar-refractivity contribution >= 4 is 53.2 Å². The van der Waals surface area contributed by atoms with E-state index in [0.29, 0.717) is 25.9 Å². The van der Waals surface area contributed by atoms with E-state index in [2.05, 4.69) is 25.0 Å². The molecule has 0 aliphatic rings. The standard InChI is InChI=1S/C5H11NO2.C4H9NO.C3H7NO.C3H6O2.C2H5NO.C2H4O.CH5O4P.HO3P/c1-6(2)4-5(7)8-3;1-5(2)3-4-6;1-4-2-3-5;1-3(4)5-2;3-1-2-4;1-2-3;1-5-6(2,3)4;1-4(2)3/h4H2,1-3H3;4H,3H2,1-2H3;3-4H,2H2,1H3;1-2H3;2H,1,3H2;2H,1H3;1H3,(H2,2,3,4);(H-,1,2,3)/p+1. The van der Waals surface area contributed by atoms with E-state index in [9.17, 15) is 23.7 Å². The highest BCUT2D eigenvalue weighted by molar-refractivity contribution is 7.46. The fraction of sp³-hybridized carbons (Fsp3) is 0.700. The van der Waals surface area contributed by atoms with Gasteiger partial charge in [0.15, 0.2) is 0 Å². The third kappa shape index (κ3) is 224. The number of rotatable bonds is 8. The van der Waals surface area contributed by atoms with E-state index in [1.54, 1.807) is 11.9 Å². The van der Waals surface area contributed by atoms with Crippen molar-refractivity contribution in [1.29, 1.82) is 0 Å². The molecule has 0 saturated heterocycles. The van der Waals surface area contributed by atoms with Crippen LogP contribution in [0.25, 0.3) is 0 Å². The van der Waals surface area contributed by atoms with E-state index < -0.39 is 16.1 Å². The predicted octanol–water partition coefficient (Wildman–Crippen LogP) is -2.24. The summed E-state index contributed by atoms with van der Waals surface area (Å²) in [5.41, 5.74) is 4.66. The minimum absolute atomic E-state index is 0.139. The quantitative estimate of drug-likeness (QED) is 0.0921. The number of carbonyl (C=O) groups excluding carboxylic acids is 6. The first-order valence-corrected chi connectivity index (χ1v) is 13.4. The van der Waals surface area contributed by atoms with Crippen LogP contribution in [0.5, 0.6) is 0 Å². The molecule has 0 amide bonds. The number of methoxy groups -OCH3 is 2. The van der Waals surface area contributed by atoms with Crippen LogP contribution in [0.4, 0.5) is 0 Å². The summed E-state index contributed by atoms with van der Waals surface area (Å²) in [5, 5.41) is 2.65. The van der Waals surface area contributed by atoms with Gasteiger partial charge in [-0.3, -0.25) is 19.0 Å². The van der Waals surface area contributed by atoms with Gasteiger partial charge in [-0.25, -0.2) is 4.57 Å². The lowest BCUT2D eigenvalue weighted by atomic mass is 10.6. The minimum atomic E-state index is -4.15. The summed E-state index contributed by atoms with van der Waals surface area (Å²) >= 11 is 0. The summed E-state index contributed by atoms with van der Waals surface area (Å²) in [6.45, 7) is 4.29. The number of nitrogens with two attached hydrogens (primary N) is 1. The van der Waals surface area contributed by atoms with E-state index in [1.165, 1.54) is 28.1 Å². The number of nitrogens with one attached hydrogen (secondary N) is 1. The number of aldehydes is 4. The van der Waals surface area contributed by atoms with Gasteiger partial charge in [-0.15, -0.1) is 9.79 Å². The summed E-state index contributed by atoms with van der Waals surface area (Å²) in [5.74, 6) is -0.444. The van der Waals surface area contributed by atoms with Crippen molar-refractivity contribution in [3.63, 3.8) is 0 Å². The van der Waals surface area contributed by atoms with E-state index >= 15 is 0 Å². The van der Waals surface area contributed by atoms with Crippen molar-refractivity contribution in [2.75, 3.05) is 82.7 Å². The second kappa shape index (κ2) is 53.8. The molecule has 0 heterocycles. The second-order valence-corrected chi connectivity index (χ2v) is 8.08. The molecule has 248 valence electrons. The molecule has 0 atom stereocenters. The molecule has 0 aliphatic carbocycles. The smallest absolute Gasteiger partial charge is 0.469 e. The molecule has 0 bridgehead atoms. The molecule has 0 saturated carbocycles. The molecule has 0 radical (unpaired) electrons. The van der Waals surface area contributed by atoms with Crippen molar-refractivity contribution < 1.29 is 71.5 Å². The van der Waals surface area contributed by atoms with Crippen LogP contribution in [0.3, 0.4) is 0 Å². The summed E-state index contributed by atoms with van der Waals surface area (Å²) in [7, 11) is 5.73. The van der Waals surface area contributed by atoms with Gasteiger partial charge in [-0.05, 0) is 42.2 Å². The Morgan fingerprint density at radius 1 is 0.927 bits per heavy atom. The molecule has 0 rings (SSSR count). The Morgan fingerprint density at radius 3 is 1.27 bits per heavy atom. The number of hydrogen-bond acceptors (Lipinski definition) is 15. The van der Waals surface area contributed by atoms with Crippen LogP contribution in [0, 0.1) is 0 Å². The summed E-state index contributed by atoms with van der Waals surface area (Å²) in [6.07, 6.45) is 3.10. The first-order valence-electron chi connectivity index (χ1n) is 10.7. The Labute approximate surface area is 242 Å². The minimum Gasteiger partial charge on any atom is -0.469 e. The Bertz CT molecular complexity index is 646. The number of carbonyl (C=O) groups is 6. The molecule has 0 aromatic heterocycles. The maximum Gasteiger partial charge on any atom is 0.692 e. The molecule has 19 nitrogen and oxygen atoms in total. The van der Waals surface area contributed by atoms with Crippen LogP contribution >= 0.6 is 16.1 Å². The van der Waals surface area contributed by atoms with Crippen LogP contribution in [-0.2, 0) is 51.9 Å². The van der Waals surface area contributed by atoms with Gasteiger partial charge in [-0.1, -0.05) is 0 Å². The molecule has 0 fully saturated rings. The van der Waals surface area contributed by atoms with Crippen LogP contribution in [0.15, 0.2) is 0 Å². The van der Waals surface area contributed by atoms with Gasteiger partial charge in [0.2, 0.25) is 0 Å². The lowest BCUT2D eigenvalue weighted by Crippen LogP contribution is -2.22. The zero-order chi connectivity index (χ0) is 34.9. The summed E-state index contributed by atoms with van der Waals surface area (Å²) in [4.78, 5) is 90.0. The zero-order valence-corrected chi connectivity index (χ0v) is 27.1. The average Bonchev–Trinajstić information content (AvgIpc) is 2.85. The van der Waals surface area contributed by atoms with E-state index in [0.717, 1.165) is 26.0 Å². The van der Waals surface area contributed by atoms with Gasteiger partial charge in [0.1, 0.15) is 25.1 Å². The molecule has 0 unspecified atom stereocenters. The Kier molecular flexibility index (Phi) is 76.4. The normalized spacial score (nSPS) is 8.22. The molecular formula is C20H49N4O15P2+. The average molecular weight is 648 g/mol. The van der Waals surface area contributed by atoms with Crippen LogP contribution in [0.2, 0.25) is 0 Å². The molecule has 0 aromatic rings. The Morgan fingerprint density at radius 2 is 1.24 bits per heavy atom. The maximum absolute atomic E-state index is 10.4. The number of phosphoric acid groups is 1. The molecule has 0 spiro atoms. The van der Waals surface area contributed by atoms with Gasteiger partial charge >= 0.3 is 28.0 Å². The van der Waals surface area contributed by atoms with Crippen molar-refractivity contribution in [2.45, 2.75) is 13.8 Å². The second-order valence-electron chi connectivity index (χ2n) is 6.23. The van der Waals surface area contributed by atoms with Crippen molar-refractivity contribution in [3.8, 4) is 0 Å². The van der Waals surface area contributed by atoms with Crippen LogP contribution < -0.4 is 11.1 Å². The number of ether oxygens (including phenoxy) is 2. The third-order valence-electron chi connectivity index (χ3n) is 2.02. The monoisotopic (exact) mass is 647 g/mol. The van der Waals surface area contributed by atoms with E-state index in [4.69, 9.17) is 33.7 Å². The molecule has 0 aliphatic heterocycles. The molecule has 0 aromatic carbocycles. The van der Waals surface area contributed by atoms with Gasteiger partial charge in [0.25, 0.3) is 0 Å². The van der Waals surface area contributed by atoms with Gasteiger partial charge < -0.3 is 54.4 Å². The summed E-state index contributed by atoms with van der Waals surface area (Å²) < 4.78 is 30.3. The number of hydrogen-bond donors (Lipinski definition) is 6. The first-order chi connectivity index (χ1) is 18.7. The molecule has 7 N–H and O–H groups in total. The lowest BCUT2D eigenvalue weighted by Gasteiger charge is -2.05. The first kappa shape index (κ1) is 58.3. The topological polar surface area (TPSA) is 290 Å². The lowest BCUT2D eigenvalue weighted by molar-refractivity contribution is -0.141. The van der Waals surface area contributed by atoms with Crippen LogP contribution in [-0.4, -0.2) is 149 Å². The summed E-state index contributed by atoms with van der Waals surface area (Å²) in [6, 6.07) is 0. The predicted molar refractivity (Wildman–Crippen MR) is 151 cm³/mol. The van der Waals surface area contributed by atoms with E-state index in [-0.39, 0.29) is 18.5 Å². The third-order valence-corrected chi connectivity index (χ3v) is 2.50. The van der Waals surface area contributed by atoms with E-state index in [1.807, 2.05) is 33.1 Å². The van der Waals surface area contributed by atoms with Crippen molar-refractivity contribution in [2.24, 2.45) is 5.73 Å². The Hall–Kier alpha value is -2.41. The number of esters is 2. The van der Waals surface area contributed by atoms with Gasteiger partial charge in [0.05, 0.1) is 33.9 Å². The number of phosphoric ester groups is 1. The fourth-order valence-electron chi connectivity index (χ4n) is 0.555. The zero-order valence-electron chi connectivity index (χ0n) is 25.3. The number of nitrogens with zero attached hydrogens (tertiary/aromatic N) is 2. The Balaban J connectivity index is -0.0000000514. The maximum atomic E-state index is 10.4. The largest absolute Gasteiger partial charge is 0.692 e. The van der Waals surface area contributed by atoms with Crippen LogP contribution in [0.1, 0.15) is 13.8 Å². The molecule has 41 heavy (non-hydrogen) atoms. The fourth-order valence-corrected chi connectivity index (χ4v) is 0.555. The number of likely N-dealkylation sites (N-methyl/N-ethyl adjacent to an activating group) is 3. The molecule has 21 heteroatoms. The van der Waals surface area contributed by atoms with Gasteiger partial charge in [-0.2, -0.15) is 0 Å². The highest BCUT2D eigenvalue weighted by atomic mass is 31.2. The van der Waals surface area contributed by atoms with Crippen molar-refractivity contribution in [1.82, 2.24) is 15.1 Å². The van der Waals surface area contributed by atoms with Gasteiger partial charge in [0, 0.05) is 25.1 Å². The van der Waals surface area contributed by atoms with Crippen molar-refractivity contribution in [3.05, 3.63) is 0 Å². The highest BCUT2D eigenvalue weighted by Gasteiger charge is 2.07. The highest BCUT2D eigenvalue weighted by Crippen LogP contribution is 2.33.